The predicted octanol–water partition coefficient (Wildman–Crippen LogP) is 4.38. The van der Waals surface area contributed by atoms with Gasteiger partial charge in [-0.3, -0.25) is 4.90 Å². The van der Waals surface area contributed by atoms with Crippen LogP contribution in [-0.4, -0.2) is 17.5 Å². The van der Waals surface area contributed by atoms with Crippen molar-refractivity contribution in [2.45, 2.75) is 45.2 Å². The van der Waals surface area contributed by atoms with E-state index in [0.29, 0.717) is 12.1 Å². The summed E-state index contributed by atoms with van der Waals surface area (Å²) in [5.41, 5.74) is 1.47. The molecule has 1 unspecified atom stereocenters. The number of nitrogens with zero attached hydrogens (tertiary/aromatic N) is 1. The van der Waals surface area contributed by atoms with E-state index in [4.69, 9.17) is 0 Å². The van der Waals surface area contributed by atoms with Crippen LogP contribution in [0.2, 0.25) is 0 Å². The van der Waals surface area contributed by atoms with E-state index in [9.17, 15) is 0 Å². The Kier molecular flexibility index (Phi) is 4.04. The Hall–Kier alpha value is -0.340. The minimum atomic E-state index is 0.627. The predicted molar refractivity (Wildman–Crippen MR) is 72.6 cm³/mol. The van der Waals surface area contributed by atoms with Crippen LogP contribution in [0.1, 0.15) is 44.7 Å². The van der Waals surface area contributed by atoms with E-state index in [1.54, 1.807) is 0 Å². The van der Waals surface area contributed by atoms with Crippen LogP contribution in [0.15, 0.2) is 28.7 Å². The van der Waals surface area contributed by atoms with Gasteiger partial charge in [0, 0.05) is 16.6 Å². The number of likely N-dealkylation sites (tertiary alicyclic amines) is 1. The third kappa shape index (κ3) is 2.67. The monoisotopic (exact) mass is 281 g/mol. The van der Waals surface area contributed by atoms with Crippen LogP contribution in [0, 0.1) is 0 Å². The largest absolute Gasteiger partial charge is 0.294 e. The SMILES string of the molecule is CC(C)N1CCCCC1c1ccc(Br)cc1. The third-order valence-corrected chi connectivity index (χ3v) is 3.99. The molecule has 1 aromatic rings. The summed E-state index contributed by atoms with van der Waals surface area (Å²) in [5.74, 6) is 0. The van der Waals surface area contributed by atoms with Crippen LogP contribution >= 0.6 is 15.9 Å². The average Bonchev–Trinajstić information content (AvgIpc) is 2.30. The van der Waals surface area contributed by atoms with E-state index in [0.717, 1.165) is 0 Å². The molecule has 1 atom stereocenters. The first-order chi connectivity index (χ1) is 7.68. The summed E-state index contributed by atoms with van der Waals surface area (Å²) in [6.07, 6.45) is 4.02. The molecule has 0 aliphatic carbocycles. The molecule has 1 saturated heterocycles. The van der Waals surface area contributed by atoms with Gasteiger partial charge in [-0.2, -0.15) is 0 Å². The molecule has 0 saturated carbocycles. The Morgan fingerprint density at radius 3 is 2.50 bits per heavy atom. The number of benzene rings is 1. The minimum absolute atomic E-state index is 0.627. The van der Waals surface area contributed by atoms with Crippen molar-refractivity contribution in [1.82, 2.24) is 4.90 Å². The van der Waals surface area contributed by atoms with E-state index < -0.39 is 0 Å². The molecule has 0 N–H and O–H groups in total. The molecule has 1 aromatic carbocycles. The van der Waals surface area contributed by atoms with Crippen molar-refractivity contribution in [3.8, 4) is 0 Å². The number of rotatable bonds is 2. The highest BCUT2D eigenvalue weighted by atomic mass is 79.9. The molecule has 0 spiro atoms. The first-order valence-corrected chi connectivity index (χ1v) is 6.99. The van der Waals surface area contributed by atoms with Gasteiger partial charge in [-0.15, -0.1) is 0 Å². The highest BCUT2D eigenvalue weighted by Crippen LogP contribution is 2.32. The first kappa shape index (κ1) is 12.1. The van der Waals surface area contributed by atoms with Crippen molar-refractivity contribution in [2.75, 3.05) is 6.54 Å². The lowest BCUT2D eigenvalue weighted by Crippen LogP contribution is -2.38. The first-order valence-electron chi connectivity index (χ1n) is 6.19. The lowest BCUT2D eigenvalue weighted by molar-refractivity contribution is 0.112. The van der Waals surface area contributed by atoms with Gasteiger partial charge in [0.05, 0.1) is 0 Å². The summed E-state index contributed by atoms with van der Waals surface area (Å²) in [4.78, 5) is 2.63. The lowest BCUT2D eigenvalue weighted by Gasteiger charge is -2.39. The Bertz CT molecular complexity index is 331. The maximum atomic E-state index is 3.50. The molecule has 1 fully saturated rings. The zero-order chi connectivity index (χ0) is 11.5. The molecule has 1 nitrogen and oxygen atoms in total. The molecule has 1 aliphatic heterocycles. The number of hydrogen-bond acceptors (Lipinski definition) is 1. The molecule has 16 heavy (non-hydrogen) atoms. The molecule has 0 radical (unpaired) electrons. The van der Waals surface area contributed by atoms with Crippen molar-refractivity contribution >= 4 is 15.9 Å². The van der Waals surface area contributed by atoms with Crippen LogP contribution in [0.5, 0.6) is 0 Å². The topological polar surface area (TPSA) is 3.24 Å². The Balaban J connectivity index is 2.19. The van der Waals surface area contributed by atoms with Crippen molar-refractivity contribution in [3.05, 3.63) is 34.3 Å². The number of hydrogen-bond donors (Lipinski definition) is 0. The van der Waals surface area contributed by atoms with Crippen LogP contribution in [0.4, 0.5) is 0 Å². The molecule has 0 amide bonds. The zero-order valence-electron chi connectivity index (χ0n) is 10.1. The average molecular weight is 282 g/mol. The lowest BCUT2D eigenvalue weighted by atomic mass is 9.94. The highest BCUT2D eigenvalue weighted by molar-refractivity contribution is 9.10. The van der Waals surface area contributed by atoms with E-state index in [1.807, 2.05) is 0 Å². The summed E-state index contributed by atoms with van der Waals surface area (Å²) < 4.78 is 1.17. The van der Waals surface area contributed by atoms with Gasteiger partial charge in [-0.25, -0.2) is 0 Å². The van der Waals surface area contributed by atoms with E-state index in [-0.39, 0.29) is 0 Å². The molecule has 0 bridgehead atoms. The summed E-state index contributed by atoms with van der Waals surface area (Å²) in [5, 5.41) is 0. The second-order valence-corrected chi connectivity index (χ2v) is 5.81. The van der Waals surface area contributed by atoms with Gasteiger partial charge in [0.1, 0.15) is 0 Å². The van der Waals surface area contributed by atoms with Crippen LogP contribution in [0.3, 0.4) is 0 Å². The Labute approximate surface area is 107 Å². The third-order valence-electron chi connectivity index (χ3n) is 3.46. The van der Waals surface area contributed by atoms with Crippen molar-refractivity contribution < 1.29 is 0 Å². The van der Waals surface area contributed by atoms with Gasteiger partial charge in [-0.1, -0.05) is 34.5 Å². The van der Waals surface area contributed by atoms with Crippen molar-refractivity contribution in [3.63, 3.8) is 0 Å². The van der Waals surface area contributed by atoms with Gasteiger partial charge in [0.25, 0.3) is 0 Å². The van der Waals surface area contributed by atoms with Gasteiger partial charge >= 0.3 is 0 Å². The van der Waals surface area contributed by atoms with Crippen molar-refractivity contribution in [1.29, 1.82) is 0 Å². The fraction of sp³-hybridized carbons (Fsp3) is 0.571. The summed E-state index contributed by atoms with van der Waals surface area (Å²) in [6.45, 7) is 5.85. The molecule has 88 valence electrons. The highest BCUT2D eigenvalue weighted by Gasteiger charge is 2.25. The fourth-order valence-electron chi connectivity index (χ4n) is 2.61. The Morgan fingerprint density at radius 1 is 1.19 bits per heavy atom. The van der Waals surface area contributed by atoms with E-state index >= 15 is 0 Å². The molecule has 0 aromatic heterocycles. The minimum Gasteiger partial charge on any atom is -0.294 e. The van der Waals surface area contributed by atoms with E-state index in [2.05, 4.69) is 58.9 Å². The maximum absolute atomic E-state index is 3.50. The van der Waals surface area contributed by atoms with Crippen LogP contribution in [-0.2, 0) is 0 Å². The molecular weight excluding hydrogens is 262 g/mol. The van der Waals surface area contributed by atoms with E-state index in [1.165, 1.54) is 35.8 Å². The van der Waals surface area contributed by atoms with Crippen LogP contribution < -0.4 is 0 Å². The second-order valence-electron chi connectivity index (χ2n) is 4.89. The van der Waals surface area contributed by atoms with Gasteiger partial charge < -0.3 is 0 Å². The summed E-state index contributed by atoms with van der Waals surface area (Å²) in [6, 6.07) is 10.1. The normalized spacial score (nSPS) is 22.6. The maximum Gasteiger partial charge on any atom is 0.0350 e. The van der Waals surface area contributed by atoms with Gasteiger partial charge in [0.15, 0.2) is 0 Å². The second kappa shape index (κ2) is 5.33. The fourth-order valence-corrected chi connectivity index (χ4v) is 2.88. The number of piperidine rings is 1. The molecular formula is C14H20BrN. The molecule has 2 heteroatoms. The summed E-state index contributed by atoms with van der Waals surface area (Å²) >= 11 is 3.50. The smallest absolute Gasteiger partial charge is 0.0350 e. The molecule has 1 aliphatic rings. The van der Waals surface area contributed by atoms with Crippen molar-refractivity contribution in [2.24, 2.45) is 0 Å². The number of halogens is 1. The van der Waals surface area contributed by atoms with Gasteiger partial charge in [-0.05, 0) is 50.9 Å². The zero-order valence-corrected chi connectivity index (χ0v) is 11.7. The summed E-state index contributed by atoms with van der Waals surface area (Å²) in [7, 11) is 0. The quantitative estimate of drug-likeness (QED) is 0.778. The standard InChI is InChI=1S/C14H20BrN/c1-11(2)16-10-4-3-5-14(16)12-6-8-13(15)9-7-12/h6-9,11,14H,3-5,10H2,1-2H3. The van der Waals surface area contributed by atoms with Crippen LogP contribution in [0.25, 0.3) is 0 Å². The van der Waals surface area contributed by atoms with Gasteiger partial charge in [0.2, 0.25) is 0 Å². The Morgan fingerprint density at radius 2 is 1.88 bits per heavy atom. The molecule has 2 rings (SSSR count). The molecule has 1 heterocycles.